The van der Waals surface area contributed by atoms with Crippen LogP contribution in [-0.2, 0) is 23.9 Å². The highest BCUT2D eigenvalue weighted by atomic mass is 16.6. The number of Topliss-reactive ketones (excluding diaryl/α,β-unsaturated/α-hetero) is 1. The third kappa shape index (κ3) is 5.27. The van der Waals surface area contributed by atoms with Crippen LogP contribution >= 0.6 is 0 Å². The Hall–Kier alpha value is -2.97. The Labute approximate surface area is 144 Å². The minimum atomic E-state index is -1.32. The van der Waals surface area contributed by atoms with Gasteiger partial charge in [-0.1, -0.05) is 18.2 Å². The van der Waals surface area contributed by atoms with Crippen molar-refractivity contribution in [2.75, 3.05) is 27.9 Å². The van der Waals surface area contributed by atoms with Crippen LogP contribution in [0.2, 0.25) is 0 Å². The van der Waals surface area contributed by atoms with E-state index in [0.717, 1.165) is 14.2 Å². The molecule has 9 heteroatoms. The van der Waals surface area contributed by atoms with Gasteiger partial charge in [0.1, 0.15) is 5.75 Å². The van der Waals surface area contributed by atoms with Crippen LogP contribution in [0.25, 0.3) is 0 Å². The predicted molar refractivity (Wildman–Crippen MR) is 84.7 cm³/mol. The first kappa shape index (κ1) is 20.1. The highest BCUT2D eigenvalue weighted by Crippen LogP contribution is 2.35. The summed E-state index contributed by atoms with van der Waals surface area (Å²) in [6, 6.07) is 6.38. The largest absolute Gasteiger partial charge is 0.496 e. The Morgan fingerprint density at radius 2 is 1.76 bits per heavy atom. The van der Waals surface area contributed by atoms with Crippen molar-refractivity contribution in [2.24, 2.45) is 5.92 Å². The molecular weight excluding hydrogens is 334 g/mol. The summed E-state index contributed by atoms with van der Waals surface area (Å²) in [4.78, 5) is 46.2. The van der Waals surface area contributed by atoms with Gasteiger partial charge < -0.3 is 14.2 Å². The number of hydrogen-bond donors (Lipinski definition) is 0. The van der Waals surface area contributed by atoms with Crippen molar-refractivity contribution < 1.29 is 33.5 Å². The molecule has 0 radical (unpaired) electrons. The zero-order chi connectivity index (χ0) is 19.0. The lowest BCUT2D eigenvalue weighted by atomic mass is 9.80. The molecule has 25 heavy (non-hydrogen) atoms. The van der Waals surface area contributed by atoms with Gasteiger partial charge in [0, 0.05) is 10.5 Å². The number of hydrogen-bond acceptors (Lipinski definition) is 8. The Morgan fingerprint density at radius 3 is 2.28 bits per heavy atom. The predicted octanol–water partition coefficient (Wildman–Crippen LogP) is 0.977. The summed E-state index contributed by atoms with van der Waals surface area (Å²) in [6.07, 6.45) is -0.499. The second-order valence-electron chi connectivity index (χ2n) is 5.11. The van der Waals surface area contributed by atoms with Crippen molar-refractivity contribution in [3.8, 4) is 5.75 Å². The number of para-hydroxylation sites is 1. The van der Waals surface area contributed by atoms with Crippen molar-refractivity contribution in [2.45, 2.75) is 12.3 Å². The quantitative estimate of drug-likeness (QED) is 0.279. The summed E-state index contributed by atoms with van der Waals surface area (Å²) in [6.45, 7) is -0.676. The van der Waals surface area contributed by atoms with Gasteiger partial charge in [0.05, 0.1) is 39.6 Å². The summed E-state index contributed by atoms with van der Waals surface area (Å²) < 4.78 is 14.2. The number of benzene rings is 1. The Kier molecular flexibility index (Phi) is 7.51. The minimum absolute atomic E-state index is 0.307. The molecule has 0 bridgehead atoms. The standard InChI is InChI=1S/C16H19NO8/c1-23-13-7-5-4-6-10(13)12(9-17(21)22)11(8-14(18)24-2)15(19)16(20)25-3/h4-7,11-12H,8-9H2,1-3H3/t11-,12-/m1/s1. The molecule has 0 aliphatic rings. The van der Waals surface area contributed by atoms with Gasteiger partial charge in [0.25, 0.3) is 0 Å². The minimum Gasteiger partial charge on any atom is -0.496 e. The fraction of sp³-hybridized carbons (Fsp3) is 0.438. The van der Waals surface area contributed by atoms with Crippen LogP contribution < -0.4 is 4.74 Å². The molecule has 9 nitrogen and oxygen atoms in total. The number of ketones is 1. The van der Waals surface area contributed by atoms with Crippen LogP contribution in [0.15, 0.2) is 24.3 Å². The van der Waals surface area contributed by atoms with E-state index in [1.54, 1.807) is 24.3 Å². The first-order chi connectivity index (χ1) is 11.8. The molecule has 0 fully saturated rings. The number of carbonyl (C=O) groups is 3. The van der Waals surface area contributed by atoms with E-state index >= 15 is 0 Å². The maximum absolute atomic E-state index is 12.4. The average Bonchev–Trinajstić information content (AvgIpc) is 2.62. The lowest BCUT2D eigenvalue weighted by molar-refractivity contribution is -0.484. The highest BCUT2D eigenvalue weighted by molar-refractivity contribution is 6.34. The molecule has 0 unspecified atom stereocenters. The van der Waals surface area contributed by atoms with Gasteiger partial charge in [-0.3, -0.25) is 19.7 Å². The molecule has 0 heterocycles. The molecule has 0 aliphatic carbocycles. The zero-order valence-corrected chi connectivity index (χ0v) is 14.1. The van der Waals surface area contributed by atoms with Gasteiger partial charge in [0.2, 0.25) is 12.3 Å². The monoisotopic (exact) mass is 353 g/mol. The molecule has 2 atom stereocenters. The van der Waals surface area contributed by atoms with Crippen molar-refractivity contribution in [3.05, 3.63) is 39.9 Å². The summed E-state index contributed by atoms with van der Waals surface area (Å²) in [5, 5.41) is 11.1. The normalized spacial score (nSPS) is 12.6. The van der Waals surface area contributed by atoms with Crippen LogP contribution in [0.3, 0.4) is 0 Å². The van der Waals surface area contributed by atoms with E-state index in [9.17, 15) is 24.5 Å². The van der Waals surface area contributed by atoms with Crippen molar-refractivity contribution in [3.63, 3.8) is 0 Å². The van der Waals surface area contributed by atoms with E-state index in [4.69, 9.17) is 4.74 Å². The number of nitro groups is 1. The van der Waals surface area contributed by atoms with Crippen LogP contribution in [0.5, 0.6) is 5.75 Å². The molecule has 0 amide bonds. The molecule has 0 spiro atoms. The Morgan fingerprint density at radius 1 is 1.12 bits per heavy atom. The number of methoxy groups -OCH3 is 3. The molecule has 136 valence electrons. The van der Waals surface area contributed by atoms with E-state index in [2.05, 4.69) is 9.47 Å². The fourth-order valence-electron chi connectivity index (χ4n) is 2.51. The van der Waals surface area contributed by atoms with E-state index in [1.807, 2.05) is 0 Å². The number of esters is 2. The van der Waals surface area contributed by atoms with Gasteiger partial charge in [0.15, 0.2) is 0 Å². The van der Waals surface area contributed by atoms with Gasteiger partial charge in [-0.2, -0.15) is 0 Å². The fourth-order valence-corrected chi connectivity index (χ4v) is 2.51. The van der Waals surface area contributed by atoms with Crippen molar-refractivity contribution >= 4 is 17.7 Å². The first-order valence-electron chi connectivity index (χ1n) is 7.29. The van der Waals surface area contributed by atoms with E-state index in [1.165, 1.54) is 7.11 Å². The lowest BCUT2D eigenvalue weighted by Crippen LogP contribution is -2.35. The number of carbonyl (C=O) groups excluding carboxylic acids is 3. The molecule has 1 rings (SSSR count). The maximum atomic E-state index is 12.4. The van der Waals surface area contributed by atoms with Gasteiger partial charge in [-0.05, 0) is 6.07 Å². The van der Waals surface area contributed by atoms with Gasteiger partial charge in [-0.15, -0.1) is 0 Å². The lowest BCUT2D eigenvalue weighted by Gasteiger charge is -2.23. The van der Waals surface area contributed by atoms with Gasteiger partial charge >= 0.3 is 11.9 Å². The Balaban J connectivity index is 3.41. The third-order valence-corrected chi connectivity index (χ3v) is 3.71. The summed E-state index contributed by atoms with van der Waals surface area (Å²) in [5.74, 6) is -5.08. The Bertz CT molecular complexity index is 657. The molecule has 1 aromatic carbocycles. The second-order valence-corrected chi connectivity index (χ2v) is 5.11. The molecule has 1 aromatic rings. The summed E-state index contributed by atoms with van der Waals surface area (Å²) in [7, 11) is 3.51. The average molecular weight is 353 g/mol. The number of nitrogens with zero attached hydrogens (tertiary/aromatic N) is 1. The second kappa shape index (κ2) is 9.36. The van der Waals surface area contributed by atoms with Crippen molar-refractivity contribution in [1.29, 1.82) is 0 Å². The van der Waals surface area contributed by atoms with Crippen LogP contribution in [0, 0.1) is 16.0 Å². The molecule has 0 aliphatic heterocycles. The first-order valence-corrected chi connectivity index (χ1v) is 7.29. The number of ether oxygens (including phenoxy) is 3. The molecule has 0 saturated heterocycles. The van der Waals surface area contributed by atoms with Crippen LogP contribution in [-0.4, -0.2) is 50.5 Å². The SMILES string of the molecule is COC(=O)C[C@@H](C(=O)C(=O)OC)[C@H](C[N+](=O)[O-])c1ccccc1OC. The van der Waals surface area contributed by atoms with Crippen LogP contribution in [0.4, 0.5) is 0 Å². The smallest absolute Gasteiger partial charge is 0.374 e. The van der Waals surface area contributed by atoms with E-state index < -0.39 is 47.4 Å². The summed E-state index contributed by atoms with van der Waals surface area (Å²) >= 11 is 0. The van der Waals surface area contributed by atoms with Crippen LogP contribution in [0.1, 0.15) is 17.9 Å². The van der Waals surface area contributed by atoms with E-state index in [-0.39, 0.29) is 0 Å². The summed E-state index contributed by atoms with van der Waals surface area (Å²) in [5.41, 5.74) is 0.341. The molecular formula is C16H19NO8. The highest BCUT2D eigenvalue weighted by Gasteiger charge is 2.40. The topological polar surface area (TPSA) is 122 Å². The number of rotatable bonds is 9. The molecule has 0 aromatic heterocycles. The van der Waals surface area contributed by atoms with E-state index in [0.29, 0.717) is 11.3 Å². The maximum Gasteiger partial charge on any atom is 0.374 e. The molecule has 0 N–H and O–H groups in total. The zero-order valence-electron chi connectivity index (χ0n) is 14.1. The van der Waals surface area contributed by atoms with Gasteiger partial charge in [-0.25, -0.2) is 4.79 Å². The molecule has 0 saturated carbocycles. The third-order valence-electron chi connectivity index (χ3n) is 3.71. The van der Waals surface area contributed by atoms with Crippen molar-refractivity contribution in [1.82, 2.24) is 0 Å².